The Morgan fingerprint density at radius 2 is 1.75 bits per heavy atom. The van der Waals surface area contributed by atoms with Gasteiger partial charge in [-0.2, -0.15) is 0 Å². The maximum Gasteiger partial charge on any atom is 0.356 e. The monoisotopic (exact) mass is 186 g/mol. The number of hydrogen-bond donors (Lipinski definition) is 2. The van der Waals surface area contributed by atoms with Gasteiger partial charge in [0.25, 0.3) is 0 Å². The van der Waals surface area contributed by atoms with Gasteiger partial charge in [0.15, 0.2) is 0 Å². The van der Waals surface area contributed by atoms with Crippen molar-refractivity contribution in [3.8, 4) is 0 Å². The highest BCUT2D eigenvalue weighted by Gasteiger charge is 2.15. The Morgan fingerprint density at radius 3 is 2.08 bits per heavy atom. The van der Waals surface area contributed by atoms with Crippen molar-refractivity contribution in [3.63, 3.8) is 0 Å². The molecule has 0 saturated heterocycles. The molecule has 0 aliphatic rings. The highest BCUT2D eigenvalue weighted by Crippen LogP contribution is 2.32. The number of benzene rings is 1. The molecule has 0 atom stereocenters. The second-order valence-electron chi connectivity index (χ2n) is 2.56. The van der Waals surface area contributed by atoms with Crippen molar-refractivity contribution in [2.75, 3.05) is 0 Å². The highest BCUT2D eigenvalue weighted by molar-refractivity contribution is 7.60. The zero-order valence-electron chi connectivity index (χ0n) is 6.77. The van der Waals surface area contributed by atoms with Crippen LogP contribution in [0.25, 0.3) is 0 Å². The van der Waals surface area contributed by atoms with E-state index in [9.17, 15) is 4.57 Å². The quantitative estimate of drug-likeness (QED) is 0.679. The van der Waals surface area contributed by atoms with E-state index in [0.717, 1.165) is 12.0 Å². The molecule has 0 aliphatic heterocycles. The van der Waals surface area contributed by atoms with Gasteiger partial charge in [0.05, 0.1) is 5.30 Å². The summed E-state index contributed by atoms with van der Waals surface area (Å²) in [6.07, 6.45) is 0.876. The Kier molecular flexibility index (Phi) is 2.68. The molecule has 0 fully saturated rings. The van der Waals surface area contributed by atoms with E-state index in [2.05, 4.69) is 0 Å². The first kappa shape index (κ1) is 9.46. The van der Waals surface area contributed by atoms with Crippen LogP contribution in [0, 0.1) is 0 Å². The van der Waals surface area contributed by atoms with Gasteiger partial charge in [-0.3, -0.25) is 4.57 Å². The summed E-state index contributed by atoms with van der Waals surface area (Å²) >= 11 is 0. The fraction of sp³-hybridized carbons (Fsp3) is 0.250. The SMILES string of the molecule is CCc1ccc(P(=O)(O)O)cc1. The largest absolute Gasteiger partial charge is 0.356 e. The van der Waals surface area contributed by atoms with E-state index >= 15 is 0 Å². The molecule has 0 bridgehead atoms. The van der Waals surface area contributed by atoms with E-state index in [1.165, 1.54) is 12.1 Å². The van der Waals surface area contributed by atoms with Crippen LogP contribution >= 0.6 is 7.60 Å². The molecule has 0 aliphatic carbocycles. The summed E-state index contributed by atoms with van der Waals surface area (Å²) in [6.45, 7) is 1.99. The van der Waals surface area contributed by atoms with Gasteiger partial charge >= 0.3 is 7.60 Å². The van der Waals surface area contributed by atoms with Crippen LogP contribution in [0.3, 0.4) is 0 Å². The Labute approximate surface area is 71.2 Å². The molecule has 0 radical (unpaired) electrons. The second-order valence-corrected chi connectivity index (χ2v) is 4.17. The van der Waals surface area contributed by atoms with Crippen molar-refractivity contribution in [1.82, 2.24) is 0 Å². The summed E-state index contributed by atoms with van der Waals surface area (Å²) in [5.41, 5.74) is 1.08. The van der Waals surface area contributed by atoms with Crippen LogP contribution in [-0.2, 0) is 11.0 Å². The van der Waals surface area contributed by atoms with Crippen LogP contribution in [0.4, 0.5) is 0 Å². The van der Waals surface area contributed by atoms with Crippen LogP contribution in [0.15, 0.2) is 24.3 Å². The first-order chi connectivity index (χ1) is 5.54. The van der Waals surface area contributed by atoms with E-state index < -0.39 is 7.60 Å². The predicted molar refractivity (Wildman–Crippen MR) is 47.5 cm³/mol. The van der Waals surface area contributed by atoms with Crippen LogP contribution < -0.4 is 5.30 Å². The molecule has 2 N–H and O–H groups in total. The highest BCUT2D eigenvalue weighted by atomic mass is 31.2. The van der Waals surface area contributed by atoms with E-state index in [-0.39, 0.29) is 5.30 Å². The summed E-state index contributed by atoms with van der Waals surface area (Å²) in [7, 11) is -4.05. The van der Waals surface area contributed by atoms with Gasteiger partial charge in [0.2, 0.25) is 0 Å². The zero-order valence-corrected chi connectivity index (χ0v) is 7.66. The van der Waals surface area contributed by atoms with E-state index in [1.807, 2.05) is 6.92 Å². The zero-order chi connectivity index (χ0) is 9.19. The Hall–Kier alpha value is -0.630. The van der Waals surface area contributed by atoms with E-state index in [1.54, 1.807) is 12.1 Å². The van der Waals surface area contributed by atoms with Crippen molar-refractivity contribution >= 4 is 12.9 Å². The standard InChI is InChI=1S/C8H11O3P/c1-2-7-3-5-8(6-4-7)12(9,10)11/h3-6H,2H2,1H3,(H2,9,10,11). The van der Waals surface area contributed by atoms with Crippen LogP contribution in [0.5, 0.6) is 0 Å². The van der Waals surface area contributed by atoms with E-state index in [0.29, 0.717) is 0 Å². The van der Waals surface area contributed by atoms with Gasteiger partial charge in [0, 0.05) is 0 Å². The molecular weight excluding hydrogens is 175 g/mol. The Bertz CT molecular complexity index is 299. The molecule has 3 nitrogen and oxygen atoms in total. The van der Waals surface area contributed by atoms with Crippen molar-refractivity contribution in [2.24, 2.45) is 0 Å². The average Bonchev–Trinajstić information content (AvgIpc) is 2.03. The molecule has 12 heavy (non-hydrogen) atoms. The number of rotatable bonds is 2. The third kappa shape index (κ3) is 2.18. The topological polar surface area (TPSA) is 57.5 Å². The Morgan fingerprint density at radius 1 is 1.25 bits per heavy atom. The first-order valence-corrected chi connectivity index (χ1v) is 5.30. The lowest BCUT2D eigenvalue weighted by Crippen LogP contribution is -2.02. The smallest absolute Gasteiger partial charge is 0.321 e. The van der Waals surface area contributed by atoms with Gasteiger partial charge in [-0.05, 0) is 24.1 Å². The summed E-state index contributed by atoms with van der Waals surface area (Å²) in [5, 5.41) is 0.0831. The second kappa shape index (κ2) is 3.40. The van der Waals surface area contributed by atoms with Gasteiger partial charge < -0.3 is 9.79 Å². The molecule has 0 unspecified atom stereocenters. The third-order valence-electron chi connectivity index (χ3n) is 1.68. The van der Waals surface area contributed by atoms with Crippen LogP contribution in [-0.4, -0.2) is 9.79 Å². The van der Waals surface area contributed by atoms with Crippen molar-refractivity contribution in [1.29, 1.82) is 0 Å². The minimum Gasteiger partial charge on any atom is -0.321 e. The van der Waals surface area contributed by atoms with Gasteiger partial charge in [-0.25, -0.2) is 0 Å². The molecule has 66 valence electrons. The van der Waals surface area contributed by atoms with Crippen LogP contribution in [0.2, 0.25) is 0 Å². The minimum atomic E-state index is -4.05. The summed E-state index contributed by atoms with van der Waals surface area (Å²) in [4.78, 5) is 17.5. The van der Waals surface area contributed by atoms with Gasteiger partial charge in [0.1, 0.15) is 0 Å². The average molecular weight is 186 g/mol. The lowest BCUT2D eigenvalue weighted by molar-refractivity contribution is 0.387. The number of aryl methyl sites for hydroxylation is 1. The van der Waals surface area contributed by atoms with Crippen molar-refractivity contribution < 1.29 is 14.4 Å². The fourth-order valence-corrected chi connectivity index (χ4v) is 1.46. The fourth-order valence-electron chi connectivity index (χ4n) is 0.926. The number of hydrogen-bond acceptors (Lipinski definition) is 1. The first-order valence-electron chi connectivity index (χ1n) is 3.69. The predicted octanol–water partition coefficient (Wildman–Crippen LogP) is 1.05. The maximum atomic E-state index is 10.7. The molecule has 0 heterocycles. The molecule has 4 heteroatoms. The molecule has 1 aromatic carbocycles. The maximum absolute atomic E-state index is 10.7. The third-order valence-corrected chi connectivity index (χ3v) is 2.65. The normalized spacial score (nSPS) is 11.6. The summed E-state index contributed by atoms with van der Waals surface area (Å²) < 4.78 is 10.7. The molecule has 0 aromatic heterocycles. The lowest BCUT2D eigenvalue weighted by atomic mass is 10.2. The summed E-state index contributed by atoms with van der Waals surface area (Å²) in [6, 6.07) is 6.40. The molecule has 1 rings (SSSR count). The lowest BCUT2D eigenvalue weighted by Gasteiger charge is -2.03. The minimum absolute atomic E-state index is 0.0831. The van der Waals surface area contributed by atoms with Gasteiger partial charge in [-0.15, -0.1) is 0 Å². The van der Waals surface area contributed by atoms with Crippen molar-refractivity contribution in [2.45, 2.75) is 13.3 Å². The summed E-state index contributed by atoms with van der Waals surface area (Å²) in [5.74, 6) is 0. The molecular formula is C8H11O3P. The molecule has 0 amide bonds. The Balaban J connectivity index is 3.01. The van der Waals surface area contributed by atoms with Crippen molar-refractivity contribution in [3.05, 3.63) is 29.8 Å². The van der Waals surface area contributed by atoms with Gasteiger partial charge in [-0.1, -0.05) is 19.1 Å². The van der Waals surface area contributed by atoms with Crippen LogP contribution in [0.1, 0.15) is 12.5 Å². The molecule has 1 aromatic rings. The van der Waals surface area contributed by atoms with E-state index in [4.69, 9.17) is 9.79 Å². The molecule has 0 saturated carbocycles. The molecule has 0 spiro atoms.